The van der Waals surface area contributed by atoms with E-state index < -0.39 is 5.91 Å². The lowest BCUT2D eigenvalue weighted by Crippen LogP contribution is -2.12. The maximum absolute atomic E-state index is 11.3. The molecule has 24 heavy (non-hydrogen) atoms. The van der Waals surface area contributed by atoms with Crippen LogP contribution in [0.5, 0.6) is 0 Å². The Hall–Kier alpha value is -3.21. The second kappa shape index (κ2) is 6.91. The molecule has 120 valence electrons. The fourth-order valence-electron chi connectivity index (χ4n) is 2.39. The van der Waals surface area contributed by atoms with Crippen LogP contribution >= 0.6 is 0 Å². The zero-order valence-corrected chi connectivity index (χ0v) is 13.4. The molecule has 2 aromatic carbocycles. The smallest absolute Gasteiger partial charge is 0.248 e. The molecule has 0 aliphatic rings. The van der Waals surface area contributed by atoms with E-state index >= 15 is 0 Å². The number of hydrogen-bond donors (Lipinski definition) is 2. The average Bonchev–Trinajstić information content (AvgIpc) is 2.62. The zero-order valence-electron chi connectivity index (χ0n) is 13.4. The molecule has 0 aliphatic carbocycles. The number of nitrogens with one attached hydrogen (secondary N) is 1. The van der Waals surface area contributed by atoms with Gasteiger partial charge < -0.3 is 11.1 Å². The van der Waals surface area contributed by atoms with Gasteiger partial charge in [-0.25, -0.2) is 4.98 Å². The SMILES string of the molecule is Cc1ccc(C(N)=O)cc1NCc1cncc(-c2ccccc2)n1. The van der Waals surface area contributed by atoms with Gasteiger partial charge in [0.05, 0.1) is 30.3 Å². The summed E-state index contributed by atoms with van der Waals surface area (Å²) >= 11 is 0. The maximum atomic E-state index is 11.3. The summed E-state index contributed by atoms with van der Waals surface area (Å²) in [5.41, 5.74) is 10.4. The highest BCUT2D eigenvalue weighted by Gasteiger charge is 2.06. The molecular formula is C19H18N4O. The molecule has 1 amide bonds. The number of carbonyl (C=O) groups is 1. The molecule has 1 aromatic heterocycles. The van der Waals surface area contributed by atoms with E-state index in [1.165, 1.54) is 0 Å². The minimum atomic E-state index is -0.441. The van der Waals surface area contributed by atoms with Crippen LogP contribution in [-0.2, 0) is 6.54 Å². The second-order valence-electron chi connectivity index (χ2n) is 5.51. The van der Waals surface area contributed by atoms with Crippen molar-refractivity contribution in [1.82, 2.24) is 9.97 Å². The summed E-state index contributed by atoms with van der Waals surface area (Å²) in [5.74, 6) is -0.441. The summed E-state index contributed by atoms with van der Waals surface area (Å²) in [4.78, 5) is 20.2. The number of rotatable bonds is 5. The van der Waals surface area contributed by atoms with Gasteiger partial charge in [-0.15, -0.1) is 0 Å². The normalized spacial score (nSPS) is 10.4. The molecular weight excluding hydrogens is 300 g/mol. The fraction of sp³-hybridized carbons (Fsp3) is 0.105. The first-order chi connectivity index (χ1) is 11.6. The Labute approximate surface area is 140 Å². The van der Waals surface area contributed by atoms with Gasteiger partial charge in [0.2, 0.25) is 5.91 Å². The Morgan fingerprint density at radius 3 is 2.67 bits per heavy atom. The topological polar surface area (TPSA) is 80.9 Å². The Kier molecular flexibility index (Phi) is 4.52. The number of anilines is 1. The standard InChI is InChI=1S/C19H18N4O/c1-13-7-8-15(19(20)24)9-17(13)22-11-16-10-21-12-18(23-16)14-5-3-2-4-6-14/h2-10,12,22H,11H2,1H3,(H2,20,24). The van der Waals surface area contributed by atoms with Gasteiger partial charge in [0.25, 0.3) is 0 Å². The number of aromatic nitrogens is 2. The lowest BCUT2D eigenvalue weighted by Gasteiger charge is -2.11. The number of hydrogen-bond acceptors (Lipinski definition) is 4. The number of primary amides is 1. The third-order valence-corrected chi connectivity index (χ3v) is 3.74. The van der Waals surface area contributed by atoms with Gasteiger partial charge in [0, 0.05) is 16.8 Å². The van der Waals surface area contributed by atoms with Crippen molar-refractivity contribution >= 4 is 11.6 Å². The van der Waals surface area contributed by atoms with Crippen molar-refractivity contribution in [1.29, 1.82) is 0 Å². The molecule has 0 fully saturated rings. The van der Waals surface area contributed by atoms with Crippen LogP contribution in [0.1, 0.15) is 21.6 Å². The van der Waals surface area contributed by atoms with E-state index in [4.69, 9.17) is 5.73 Å². The minimum Gasteiger partial charge on any atom is -0.379 e. The third-order valence-electron chi connectivity index (χ3n) is 3.74. The quantitative estimate of drug-likeness (QED) is 0.757. The van der Waals surface area contributed by atoms with Crippen molar-refractivity contribution in [3.8, 4) is 11.3 Å². The largest absolute Gasteiger partial charge is 0.379 e. The molecule has 0 aliphatic heterocycles. The minimum absolute atomic E-state index is 0.441. The lowest BCUT2D eigenvalue weighted by atomic mass is 10.1. The van der Waals surface area contributed by atoms with Gasteiger partial charge in [0.1, 0.15) is 0 Å². The van der Waals surface area contributed by atoms with Gasteiger partial charge in [0.15, 0.2) is 0 Å². The molecule has 0 spiro atoms. The summed E-state index contributed by atoms with van der Waals surface area (Å²) in [6, 6.07) is 15.3. The number of nitrogens with two attached hydrogens (primary N) is 1. The summed E-state index contributed by atoms with van der Waals surface area (Å²) in [5, 5.41) is 3.29. The third kappa shape index (κ3) is 3.57. The van der Waals surface area contributed by atoms with Crippen molar-refractivity contribution in [3.63, 3.8) is 0 Å². The van der Waals surface area contributed by atoms with Gasteiger partial charge in [-0.1, -0.05) is 36.4 Å². The first-order valence-electron chi connectivity index (χ1n) is 7.64. The van der Waals surface area contributed by atoms with Crippen LogP contribution in [0.25, 0.3) is 11.3 Å². The Balaban J connectivity index is 1.78. The Bertz CT molecular complexity index is 862. The first-order valence-corrected chi connectivity index (χ1v) is 7.64. The van der Waals surface area contributed by atoms with Crippen molar-refractivity contribution < 1.29 is 4.79 Å². The van der Waals surface area contributed by atoms with Crippen LogP contribution in [-0.4, -0.2) is 15.9 Å². The van der Waals surface area contributed by atoms with Crippen molar-refractivity contribution in [2.24, 2.45) is 5.73 Å². The molecule has 0 saturated carbocycles. The van der Waals surface area contributed by atoms with E-state index in [0.717, 1.165) is 28.2 Å². The van der Waals surface area contributed by atoms with Crippen LogP contribution in [0, 0.1) is 6.92 Å². The van der Waals surface area contributed by atoms with Crippen LogP contribution < -0.4 is 11.1 Å². The van der Waals surface area contributed by atoms with Crippen molar-refractivity contribution in [2.45, 2.75) is 13.5 Å². The van der Waals surface area contributed by atoms with Gasteiger partial charge >= 0.3 is 0 Å². The van der Waals surface area contributed by atoms with Crippen molar-refractivity contribution in [2.75, 3.05) is 5.32 Å². The van der Waals surface area contributed by atoms with E-state index in [0.29, 0.717) is 12.1 Å². The Morgan fingerprint density at radius 2 is 1.92 bits per heavy atom. The van der Waals surface area contributed by atoms with Crippen LogP contribution in [0.2, 0.25) is 0 Å². The van der Waals surface area contributed by atoms with Crippen LogP contribution in [0.3, 0.4) is 0 Å². The number of benzene rings is 2. The molecule has 3 aromatic rings. The average molecular weight is 318 g/mol. The highest BCUT2D eigenvalue weighted by Crippen LogP contribution is 2.19. The van der Waals surface area contributed by atoms with E-state index in [1.54, 1.807) is 24.5 Å². The van der Waals surface area contributed by atoms with Gasteiger partial charge in [-0.3, -0.25) is 9.78 Å². The molecule has 0 radical (unpaired) electrons. The summed E-state index contributed by atoms with van der Waals surface area (Å²) in [7, 11) is 0. The summed E-state index contributed by atoms with van der Waals surface area (Å²) in [6.45, 7) is 2.48. The van der Waals surface area contributed by atoms with E-state index in [2.05, 4.69) is 15.3 Å². The molecule has 0 saturated heterocycles. The molecule has 0 atom stereocenters. The number of nitrogens with zero attached hydrogens (tertiary/aromatic N) is 2. The molecule has 3 rings (SSSR count). The van der Waals surface area contributed by atoms with Gasteiger partial charge in [-0.05, 0) is 24.6 Å². The summed E-state index contributed by atoms with van der Waals surface area (Å²) < 4.78 is 0. The van der Waals surface area contributed by atoms with Crippen LogP contribution in [0.15, 0.2) is 60.9 Å². The fourth-order valence-corrected chi connectivity index (χ4v) is 2.39. The second-order valence-corrected chi connectivity index (χ2v) is 5.51. The van der Waals surface area contributed by atoms with Crippen molar-refractivity contribution in [3.05, 3.63) is 77.7 Å². The first kappa shape index (κ1) is 15.7. The van der Waals surface area contributed by atoms with E-state index in [1.807, 2.05) is 43.3 Å². The molecule has 0 unspecified atom stereocenters. The van der Waals surface area contributed by atoms with Gasteiger partial charge in [-0.2, -0.15) is 0 Å². The monoisotopic (exact) mass is 318 g/mol. The number of carbonyl (C=O) groups excluding carboxylic acids is 1. The molecule has 5 nitrogen and oxygen atoms in total. The lowest BCUT2D eigenvalue weighted by molar-refractivity contribution is 0.100. The highest BCUT2D eigenvalue weighted by molar-refractivity contribution is 5.94. The Morgan fingerprint density at radius 1 is 1.12 bits per heavy atom. The molecule has 5 heteroatoms. The van der Waals surface area contributed by atoms with Crippen LogP contribution in [0.4, 0.5) is 5.69 Å². The predicted molar refractivity (Wildman–Crippen MR) is 94.5 cm³/mol. The number of amides is 1. The zero-order chi connectivity index (χ0) is 16.9. The highest BCUT2D eigenvalue weighted by atomic mass is 16.1. The molecule has 1 heterocycles. The van der Waals surface area contributed by atoms with E-state index in [9.17, 15) is 4.79 Å². The predicted octanol–water partition coefficient (Wildman–Crippen LogP) is 3.16. The maximum Gasteiger partial charge on any atom is 0.248 e. The molecule has 3 N–H and O–H groups in total. The van der Waals surface area contributed by atoms with E-state index in [-0.39, 0.29) is 0 Å². The molecule has 0 bridgehead atoms. The number of aryl methyl sites for hydroxylation is 1. The summed E-state index contributed by atoms with van der Waals surface area (Å²) in [6.07, 6.45) is 3.48.